The van der Waals surface area contributed by atoms with Gasteiger partial charge >= 0.3 is 0 Å². The minimum Gasteiger partial charge on any atom is -0.338 e. The zero-order chi connectivity index (χ0) is 14.4. The molecular formula is C17H26N2O. The number of carbonyl (C=O) groups is 1. The third-order valence-corrected chi connectivity index (χ3v) is 4.22. The number of piperidine rings is 1. The summed E-state index contributed by atoms with van der Waals surface area (Å²) in [5.41, 5.74) is 1.03. The van der Waals surface area contributed by atoms with Crippen molar-refractivity contribution in [3.8, 4) is 0 Å². The van der Waals surface area contributed by atoms with Gasteiger partial charge in [-0.2, -0.15) is 0 Å². The predicted octanol–water partition coefficient (Wildman–Crippen LogP) is 2.81. The summed E-state index contributed by atoms with van der Waals surface area (Å²) in [4.78, 5) is 15.0. The fourth-order valence-electron chi connectivity index (χ4n) is 2.90. The van der Waals surface area contributed by atoms with Crippen LogP contribution >= 0.6 is 0 Å². The molecule has 1 aliphatic heterocycles. The highest BCUT2D eigenvalue weighted by Crippen LogP contribution is 2.31. The van der Waals surface area contributed by atoms with Crippen LogP contribution in [0.2, 0.25) is 0 Å². The maximum atomic E-state index is 12.9. The number of carbonyl (C=O) groups excluding carboxylic acids is 1. The zero-order valence-electron chi connectivity index (χ0n) is 12.7. The molecule has 1 heterocycles. The quantitative estimate of drug-likeness (QED) is 0.895. The maximum Gasteiger partial charge on any atom is 0.228 e. The predicted molar refractivity (Wildman–Crippen MR) is 82.4 cm³/mol. The van der Waals surface area contributed by atoms with E-state index < -0.39 is 0 Å². The summed E-state index contributed by atoms with van der Waals surface area (Å²) >= 11 is 0. The summed E-state index contributed by atoms with van der Waals surface area (Å²) in [5, 5.41) is 3.34. The Morgan fingerprint density at radius 1 is 1.25 bits per heavy atom. The Kier molecular flexibility index (Phi) is 5.18. The van der Waals surface area contributed by atoms with Gasteiger partial charge in [0.2, 0.25) is 5.91 Å². The normalized spacial score (nSPS) is 17.7. The van der Waals surface area contributed by atoms with Crippen molar-refractivity contribution < 1.29 is 4.79 Å². The van der Waals surface area contributed by atoms with Gasteiger partial charge in [-0.05, 0) is 37.9 Å². The van der Waals surface area contributed by atoms with Gasteiger partial charge < -0.3 is 10.2 Å². The molecule has 20 heavy (non-hydrogen) atoms. The molecule has 0 spiro atoms. The molecule has 0 atom stereocenters. The molecule has 1 aromatic rings. The van der Waals surface area contributed by atoms with Crippen LogP contribution in [0.25, 0.3) is 0 Å². The largest absolute Gasteiger partial charge is 0.338 e. The van der Waals surface area contributed by atoms with Crippen molar-refractivity contribution in [2.45, 2.75) is 39.7 Å². The maximum absolute atomic E-state index is 12.9. The lowest BCUT2D eigenvalue weighted by molar-refractivity contribution is -0.143. The van der Waals surface area contributed by atoms with Crippen LogP contribution < -0.4 is 5.32 Å². The molecule has 3 heteroatoms. The van der Waals surface area contributed by atoms with Gasteiger partial charge in [0.25, 0.3) is 0 Å². The molecule has 110 valence electrons. The molecule has 1 saturated heterocycles. The van der Waals surface area contributed by atoms with Crippen molar-refractivity contribution in [2.24, 2.45) is 5.41 Å². The Hall–Kier alpha value is -1.35. The number of rotatable bonds is 5. The van der Waals surface area contributed by atoms with E-state index in [2.05, 4.69) is 31.3 Å². The molecule has 1 amide bonds. The highest BCUT2D eigenvalue weighted by atomic mass is 16.2. The summed E-state index contributed by atoms with van der Waals surface area (Å²) in [5.74, 6) is 0.324. The van der Waals surface area contributed by atoms with E-state index >= 15 is 0 Å². The van der Waals surface area contributed by atoms with Crippen molar-refractivity contribution in [1.29, 1.82) is 0 Å². The first-order valence-corrected chi connectivity index (χ1v) is 7.70. The lowest BCUT2D eigenvalue weighted by Gasteiger charge is -2.37. The van der Waals surface area contributed by atoms with Crippen LogP contribution in [0.3, 0.4) is 0 Å². The van der Waals surface area contributed by atoms with Gasteiger partial charge in [0.1, 0.15) is 0 Å². The standard InChI is InChI=1S/C17H26N2O/c1-3-13-19(14-15-7-5-4-6-8-15)16(20)17(2)9-11-18-12-10-17/h4-8,18H,3,9-14H2,1-2H3. The van der Waals surface area contributed by atoms with Crippen molar-refractivity contribution in [3.63, 3.8) is 0 Å². The van der Waals surface area contributed by atoms with E-state index in [9.17, 15) is 4.79 Å². The molecule has 3 nitrogen and oxygen atoms in total. The third kappa shape index (κ3) is 3.60. The van der Waals surface area contributed by atoms with Gasteiger partial charge in [-0.1, -0.05) is 44.2 Å². The number of benzene rings is 1. The van der Waals surface area contributed by atoms with Crippen molar-refractivity contribution >= 4 is 5.91 Å². The molecule has 0 aliphatic carbocycles. The molecule has 1 fully saturated rings. The van der Waals surface area contributed by atoms with Gasteiger partial charge in [-0.3, -0.25) is 4.79 Å². The second-order valence-electron chi connectivity index (χ2n) is 6.02. The first kappa shape index (κ1) is 15.0. The highest BCUT2D eigenvalue weighted by molar-refractivity contribution is 5.82. The monoisotopic (exact) mass is 274 g/mol. The van der Waals surface area contributed by atoms with Gasteiger partial charge in [0.05, 0.1) is 0 Å². The van der Waals surface area contributed by atoms with Gasteiger partial charge in [-0.15, -0.1) is 0 Å². The summed E-state index contributed by atoms with van der Waals surface area (Å²) in [7, 11) is 0. The van der Waals surface area contributed by atoms with E-state index in [1.165, 1.54) is 5.56 Å². The van der Waals surface area contributed by atoms with Crippen molar-refractivity contribution in [2.75, 3.05) is 19.6 Å². The molecule has 2 rings (SSSR count). The van der Waals surface area contributed by atoms with Crippen molar-refractivity contribution in [1.82, 2.24) is 10.2 Å². The van der Waals surface area contributed by atoms with Gasteiger partial charge in [0.15, 0.2) is 0 Å². The average Bonchev–Trinajstić information content (AvgIpc) is 2.48. The minimum absolute atomic E-state index is 0.185. The highest BCUT2D eigenvalue weighted by Gasteiger charge is 2.37. The van der Waals surface area contributed by atoms with E-state index in [4.69, 9.17) is 0 Å². The van der Waals surface area contributed by atoms with E-state index in [1.54, 1.807) is 0 Å². The molecule has 0 unspecified atom stereocenters. The zero-order valence-corrected chi connectivity index (χ0v) is 12.7. The van der Waals surface area contributed by atoms with Crippen LogP contribution in [-0.4, -0.2) is 30.4 Å². The molecule has 1 aromatic carbocycles. The average molecular weight is 274 g/mol. The third-order valence-electron chi connectivity index (χ3n) is 4.22. The Bertz CT molecular complexity index is 424. The minimum atomic E-state index is -0.185. The van der Waals surface area contributed by atoms with Crippen LogP contribution in [-0.2, 0) is 11.3 Å². The van der Waals surface area contributed by atoms with Crippen LogP contribution in [0.1, 0.15) is 38.7 Å². The number of hydrogen-bond acceptors (Lipinski definition) is 2. The van der Waals surface area contributed by atoms with Crippen molar-refractivity contribution in [3.05, 3.63) is 35.9 Å². The Morgan fingerprint density at radius 2 is 1.90 bits per heavy atom. The van der Waals surface area contributed by atoms with E-state index in [-0.39, 0.29) is 5.41 Å². The number of amides is 1. The first-order valence-electron chi connectivity index (χ1n) is 7.70. The van der Waals surface area contributed by atoms with E-state index in [0.29, 0.717) is 5.91 Å². The lowest BCUT2D eigenvalue weighted by Crippen LogP contribution is -2.47. The number of nitrogens with zero attached hydrogens (tertiary/aromatic N) is 1. The Balaban J connectivity index is 2.09. The summed E-state index contributed by atoms with van der Waals surface area (Å²) < 4.78 is 0. The molecular weight excluding hydrogens is 248 g/mol. The second-order valence-corrected chi connectivity index (χ2v) is 6.02. The summed E-state index contributed by atoms with van der Waals surface area (Å²) in [6.07, 6.45) is 2.90. The molecule has 0 saturated carbocycles. The van der Waals surface area contributed by atoms with Crippen LogP contribution in [0.4, 0.5) is 0 Å². The summed E-state index contributed by atoms with van der Waals surface area (Å²) in [6.45, 7) is 7.74. The molecule has 0 bridgehead atoms. The molecule has 1 aliphatic rings. The van der Waals surface area contributed by atoms with Gasteiger partial charge in [-0.25, -0.2) is 0 Å². The van der Waals surface area contributed by atoms with Gasteiger partial charge in [0, 0.05) is 18.5 Å². The first-order chi connectivity index (χ1) is 9.65. The number of hydrogen-bond donors (Lipinski definition) is 1. The Labute approximate surface area is 122 Å². The van der Waals surface area contributed by atoms with Crippen LogP contribution in [0.15, 0.2) is 30.3 Å². The van der Waals surface area contributed by atoms with E-state index in [0.717, 1.165) is 45.4 Å². The number of nitrogens with one attached hydrogen (secondary N) is 1. The van der Waals surface area contributed by atoms with Crippen LogP contribution in [0.5, 0.6) is 0 Å². The molecule has 0 radical (unpaired) electrons. The molecule has 1 N–H and O–H groups in total. The fraction of sp³-hybridized carbons (Fsp3) is 0.588. The topological polar surface area (TPSA) is 32.3 Å². The SMILES string of the molecule is CCCN(Cc1ccccc1)C(=O)C1(C)CCNCC1. The Morgan fingerprint density at radius 3 is 2.50 bits per heavy atom. The van der Waals surface area contributed by atoms with E-state index in [1.807, 2.05) is 23.1 Å². The van der Waals surface area contributed by atoms with Crippen LogP contribution in [0, 0.1) is 5.41 Å². The fourth-order valence-corrected chi connectivity index (χ4v) is 2.90. The molecule has 0 aromatic heterocycles. The summed E-state index contributed by atoms with van der Waals surface area (Å²) in [6, 6.07) is 10.3. The lowest BCUT2D eigenvalue weighted by atomic mass is 9.79. The second kappa shape index (κ2) is 6.89. The smallest absolute Gasteiger partial charge is 0.228 e.